The van der Waals surface area contributed by atoms with Gasteiger partial charge in [0.05, 0.1) is 5.56 Å². The lowest BCUT2D eigenvalue weighted by Crippen LogP contribution is -1.91. The molecule has 21 heavy (non-hydrogen) atoms. The molecule has 0 radical (unpaired) electrons. The zero-order chi connectivity index (χ0) is 15.0. The van der Waals surface area contributed by atoms with Gasteiger partial charge in [-0.05, 0) is 36.2 Å². The van der Waals surface area contributed by atoms with Crippen LogP contribution in [0.3, 0.4) is 0 Å². The zero-order valence-corrected chi connectivity index (χ0v) is 12.8. The molecule has 3 nitrogen and oxygen atoms in total. The number of anilines is 1. The lowest BCUT2D eigenvalue weighted by Gasteiger charge is -2.07. The number of hydrogen-bond donors (Lipinski definition) is 1. The molecule has 3 rings (SSSR count). The predicted molar refractivity (Wildman–Crippen MR) is 84.2 cm³/mol. The van der Waals surface area contributed by atoms with Crippen LogP contribution in [0.4, 0.5) is 10.3 Å². The van der Waals surface area contributed by atoms with Crippen molar-refractivity contribution in [1.82, 2.24) is 5.16 Å². The number of hydrogen-bond acceptors (Lipinski definition) is 3. The highest BCUT2D eigenvalue weighted by molar-refractivity contribution is 9.10. The maximum absolute atomic E-state index is 13.5. The minimum Gasteiger partial charge on any atom is -0.367 e. The molecule has 5 heteroatoms. The van der Waals surface area contributed by atoms with Gasteiger partial charge in [0.25, 0.3) is 0 Å². The van der Waals surface area contributed by atoms with E-state index < -0.39 is 0 Å². The van der Waals surface area contributed by atoms with E-state index in [0.29, 0.717) is 16.8 Å². The zero-order valence-electron chi connectivity index (χ0n) is 11.2. The molecular weight excluding hydrogens is 335 g/mol. The van der Waals surface area contributed by atoms with E-state index in [0.717, 1.165) is 15.6 Å². The van der Waals surface area contributed by atoms with E-state index in [1.165, 1.54) is 12.1 Å². The lowest BCUT2D eigenvalue weighted by molar-refractivity contribution is 0.439. The average molecular weight is 347 g/mol. The lowest BCUT2D eigenvalue weighted by atomic mass is 9.97. The topological polar surface area (TPSA) is 52.0 Å². The third-order valence-corrected chi connectivity index (χ3v) is 4.01. The Morgan fingerprint density at radius 2 is 1.90 bits per heavy atom. The van der Waals surface area contributed by atoms with Gasteiger partial charge in [-0.25, -0.2) is 4.39 Å². The molecule has 0 saturated heterocycles. The van der Waals surface area contributed by atoms with Crippen molar-refractivity contribution >= 4 is 21.8 Å². The number of rotatable bonds is 2. The maximum Gasteiger partial charge on any atom is 0.230 e. The van der Waals surface area contributed by atoms with Crippen LogP contribution in [0.2, 0.25) is 0 Å². The summed E-state index contributed by atoms with van der Waals surface area (Å²) in [5.41, 5.74) is 9.70. The third kappa shape index (κ3) is 2.45. The molecule has 1 aromatic heterocycles. The largest absolute Gasteiger partial charge is 0.367 e. The Morgan fingerprint density at radius 1 is 1.14 bits per heavy atom. The summed E-state index contributed by atoms with van der Waals surface area (Å²) in [5.74, 6) is -0.124. The van der Waals surface area contributed by atoms with Gasteiger partial charge in [-0.1, -0.05) is 45.4 Å². The summed E-state index contributed by atoms with van der Waals surface area (Å²) < 4.78 is 19.4. The molecular formula is C16H12BrFN2O. The average Bonchev–Trinajstić information content (AvgIpc) is 2.84. The van der Waals surface area contributed by atoms with E-state index in [1.807, 2.05) is 31.2 Å². The molecule has 2 N–H and O–H groups in total. The first-order valence-electron chi connectivity index (χ1n) is 6.34. The predicted octanol–water partition coefficient (Wildman–Crippen LogP) is 4.80. The molecule has 0 bridgehead atoms. The highest BCUT2D eigenvalue weighted by Crippen LogP contribution is 2.40. The summed E-state index contributed by atoms with van der Waals surface area (Å²) in [6, 6.07) is 12.2. The fraction of sp³-hybridized carbons (Fsp3) is 0.0625. The molecule has 0 fully saturated rings. The third-order valence-electron chi connectivity index (χ3n) is 3.32. The van der Waals surface area contributed by atoms with Crippen molar-refractivity contribution < 1.29 is 8.91 Å². The van der Waals surface area contributed by atoms with Gasteiger partial charge in [-0.2, -0.15) is 0 Å². The van der Waals surface area contributed by atoms with E-state index in [9.17, 15) is 4.39 Å². The number of nitrogens with two attached hydrogens (primary N) is 1. The van der Waals surface area contributed by atoms with Crippen molar-refractivity contribution in [2.45, 2.75) is 6.92 Å². The second-order valence-electron chi connectivity index (χ2n) is 4.71. The van der Waals surface area contributed by atoms with Gasteiger partial charge < -0.3 is 10.3 Å². The molecule has 0 amide bonds. The Labute approximate surface area is 129 Å². The van der Waals surface area contributed by atoms with Crippen molar-refractivity contribution in [3.05, 3.63) is 58.3 Å². The number of benzene rings is 2. The normalized spacial score (nSPS) is 10.8. The second kappa shape index (κ2) is 5.33. The number of aromatic nitrogens is 1. The number of halogens is 2. The summed E-state index contributed by atoms with van der Waals surface area (Å²) in [7, 11) is 0. The molecule has 0 aliphatic heterocycles. The SMILES string of the molecule is Cc1ccccc1-c1c(-c2cc(F)ccc2Br)noc1N. The molecule has 3 aromatic rings. The minimum absolute atomic E-state index is 0.218. The van der Waals surface area contributed by atoms with Crippen LogP contribution < -0.4 is 5.73 Å². The van der Waals surface area contributed by atoms with Crippen molar-refractivity contribution in [1.29, 1.82) is 0 Å². The van der Waals surface area contributed by atoms with Gasteiger partial charge in [-0.3, -0.25) is 0 Å². The van der Waals surface area contributed by atoms with Gasteiger partial charge in [-0.15, -0.1) is 0 Å². The second-order valence-corrected chi connectivity index (χ2v) is 5.56. The van der Waals surface area contributed by atoms with Crippen LogP contribution in [0, 0.1) is 12.7 Å². The van der Waals surface area contributed by atoms with E-state index in [1.54, 1.807) is 6.07 Å². The first kappa shape index (κ1) is 13.8. The van der Waals surface area contributed by atoms with Gasteiger partial charge in [0.1, 0.15) is 11.5 Å². The maximum atomic E-state index is 13.5. The van der Waals surface area contributed by atoms with E-state index in [2.05, 4.69) is 21.1 Å². The number of aryl methyl sites for hydroxylation is 1. The van der Waals surface area contributed by atoms with Crippen LogP contribution in [-0.4, -0.2) is 5.16 Å². The quantitative estimate of drug-likeness (QED) is 0.724. The van der Waals surface area contributed by atoms with Gasteiger partial charge >= 0.3 is 0 Å². The summed E-state index contributed by atoms with van der Waals surface area (Å²) >= 11 is 3.41. The van der Waals surface area contributed by atoms with Crippen LogP contribution in [0.1, 0.15) is 5.56 Å². The molecule has 0 unspecified atom stereocenters. The molecule has 0 atom stereocenters. The highest BCUT2D eigenvalue weighted by atomic mass is 79.9. The summed E-state index contributed by atoms with van der Waals surface area (Å²) in [6.07, 6.45) is 0. The monoisotopic (exact) mass is 346 g/mol. The number of nitrogen functional groups attached to an aromatic ring is 1. The molecule has 0 aliphatic rings. The molecule has 1 heterocycles. The summed E-state index contributed by atoms with van der Waals surface area (Å²) in [4.78, 5) is 0. The molecule has 2 aromatic carbocycles. The van der Waals surface area contributed by atoms with Crippen molar-refractivity contribution in [2.75, 3.05) is 5.73 Å². The molecule has 106 valence electrons. The Balaban J connectivity index is 2.27. The Hall–Kier alpha value is -2.14. The Kier molecular flexibility index (Phi) is 3.51. The van der Waals surface area contributed by atoms with Crippen LogP contribution in [0.5, 0.6) is 0 Å². The van der Waals surface area contributed by atoms with Crippen molar-refractivity contribution in [3.63, 3.8) is 0 Å². The van der Waals surface area contributed by atoms with Crippen LogP contribution in [-0.2, 0) is 0 Å². The fourth-order valence-corrected chi connectivity index (χ4v) is 2.71. The fourth-order valence-electron chi connectivity index (χ4n) is 2.28. The Morgan fingerprint density at radius 3 is 2.67 bits per heavy atom. The smallest absolute Gasteiger partial charge is 0.230 e. The molecule has 0 saturated carbocycles. The van der Waals surface area contributed by atoms with Crippen LogP contribution >= 0.6 is 15.9 Å². The minimum atomic E-state index is -0.342. The molecule has 0 aliphatic carbocycles. The van der Waals surface area contributed by atoms with E-state index in [-0.39, 0.29) is 11.7 Å². The van der Waals surface area contributed by atoms with Crippen LogP contribution in [0.25, 0.3) is 22.4 Å². The van der Waals surface area contributed by atoms with E-state index >= 15 is 0 Å². The molecule has 0 spiro atoms. The first-order chi connectivity index (χ1) is 10.1. The van der Waals surface area contributed by atoms with Crippen molar-refractivity contribution in [3.8, 4) is 22.4 Å². The van der Waals surface area contributed by atoms with Gasteiger partial charge in [0.2, 0.25) is 5.88 Å². The van der Waals surface area contributed by atoms with Crippen LogP contribution in [0.15, 0.2) is 51.5 Å². The van der Waals surface area contributed by atoms with E-state index in [4.69, 9.17) is 10.3 Å². The van der Waals surface area contributed by atoms with Gasteiger partial charge in [0.15, 0.2) is 0 Å². The standard InChI is InChI=1S/C16H12BrFN2O/c1-9-4-2-3-5-11(9)14-15(20-21-16(14)19)12-8-10(18)6-7-13(12)17/h2-8H,19H2,1H3. The summed E-state index contributed by atoms with van der Waals surface area (Å²) in [5, 5.41) is 4.01. The number of nitrogens with zero attached hydrogens (tertiary/aromatic N) is 1. The highest BCUT2D eigenvalue weighted by Gasteiger charge is 2.20. The van der Waals surface area contributed by atoms with Gasteiger partial charge in [0, 0.05) is 10.0 Å². The van der Waals surface area contributed by atoms with Crippen molar-refractivity contribution in [2.24, 2.45) is 0 Å². The Bertz CT molecular complexity index is 814. The first-order valence-corrected chi connectivity index (χ1v) is 7.14. The summed E-state index contributed by atoms with van der Waals surface area (Å²) in [6.45, 7) is 1.98.